The van der Waals surface area contributed by atoms with Crippen LogP contribution >= 0.6 is 11.3 Å². The third-order valence-corrected chi connectivity index (χ3v) is 3.95. The molecule has 1 aromatic carbocycles. The Morgan fingerprint density at radius 1 is 1.25 bits per heavy atom. The van der Waals surface area contributed by atoms with Gasteiger partial charge in [0.15, 0.2) is 0 Å². The summed E-state index contributed by atoms with van der Waals surface area (Å²) in [5.41, 5.74) is 1.73. The normalized spacial score (nSPS) is 11.3. The monoisotopic (exact) mass is 287 g/mol. The van der Waals surface area contributed by atoms with E-state index < -0.39 is 5.97 Å². The summed E-state index contributed by atoms with van der Waals surface area (Å²) in [5, 5.41) is 16.2. The molecular weight excluding hydrogens is 273 g/mol. The van der Waals surface area contributed by atoms with Gasteiger partial charge in [-0.25, -0.2) is 0 Å². The first kappa shape index (κ1) is 14.2. The number of hydrogen-bond acceptors (Lipinski definition) is 3. The van der Waals surface area contributed by atoms with Crippen LogP contribution in [0.5, 0.6) is 5.75 Å². The summed E-state index contributed by atoms with van der Waals surface area (Å²) in [6.07, 6.45) is 3.42. The smallest absolute Gasteiger partial charge is 0.205 e. The number of rotatable bonds is 5. The molecule has 2 N–H and O–H groups in total. The molecule has 0 aliphatic rings. The van der Waals surface area contributed by atoms with E-state index in [2.05, 4.69) is 6.58 Å². The molecule has 1 aromatic heterocycles. The van der Waals surface area contributed by atoms with E-state index in [0.29, 0.717) is 6.42 Å². The molecule has 0 aliphatic carbocycles. The zero-order valence-electron chi connectivity index (χ0n) is 10.8. The van der Waals surface area contributed by atoms with Gasteiger partial charge < -0.3 is 5.11 Å². The van der Waals surface area contributed by atoms with Crippen molar-refractivity contribution in [3.8, 4) is 16.2 Å². The number of nitrogens with one attached hydrogen (secondary N) is 1. The van der Waals surface area contributed by atoms with Crippen molar-refractivity contribution < 1.29 is 9.50 Å². The highest BCUT2D eigenvalue weighted by Crippen LogP contribution is 2.33. The molecule has 1 heterocycles. The molecule has 0 radical (unpaired) electrons. The molecule has 2 nitrogen and oxygen atoms in total. The Balaban J connectivity index is 2.33. The van der Waals surface area contributed by atoms with Crippen molar-refractivity contribution in [1.82, 2.24) is 0 Å². The Hall–Kier alpha value is -2.20. The van der Waals surface area contributed by atoms with E-state index in [1.165, 1.54) is 17.4 Å². The first-order chi connectivity index (χ1) is 9.60. The van der Waals surface area contributed by atoms with Gasteiger partial charge in [0, 0.05) is 9.75 Å². The molecule has 0 bridgehead atoms. The van der Waals surface area contributed by atoms with Crippen LogP contribution < -0.4 is 0 Å². The third kappa shape index (κ3) is 3.42. The van der Waals surface area contributed by atoms with E-state index in [1.54, 1.807) is 18.2 Å². The maximum atomic E-state index is 12.8. The highest BCUT2D eigenvalue weighted by Gasteiger charge is 2.07. The highest BCUT2D eigenvalue weighted by atomic mass is 32.1. The fourth-order valence-corrected chi connectivity index (χ4v) is 2.87. The molecule has 0 atom stereocenters. The molecule has 0 aliphatic heterocycles. The maximum Gasteiger partial charge on any atom is 0.205 e. The van der Waals surface area contributed by atoms with Crippen molar-refractivity contribution >= 4 is 22.9 Å². The number of hydrogen-bond donors (Lipinski definition) is 2. The molecule has 0 amide bonds. The Morgan fingerprint density at radius 2 is 1.95 bits per heavy atom. The molecule has 0 unspecified atom stereocenters. The van der Waals surface area contributed by atoms with Crippen molar-refractivity contribution in [2.45, 2.75) is 6.42 Å². The summed E-state index contributed by atoms with van der Waals surface area (Å²) >= 11 is 1.52. The number of phenolic OH excluding ortho intramolecular Hbond substituents is 1. The van der Waals surface area contributed by atoms with Gasteiger partial charge in [0.2, 0.25) is 5.97 Å². The van der Waals surface area contributed by atoms with E-state index in [1.807, 2.05) is 24.3 Å². The second-order valence-electron chi connectivity index (χ2n) is 4.22. The number of phenols is 1. The van der Waals surface area contributed by atoms with E-state index in [4.69, 9.17) is 5.41 Å². The molecule has 102 valence electrons. The zero-order chi connectivity index (χ0) is 14.5. The van der Waals surface area contributed by atoms with Crippen LogP contribution in [0.1, 0.15) is 11.3 Å². The number of benzene rings is 1. The quantitative estimate of drug-likeness (QED) is 0.588. The lowest BCUT2D eigenvalue weighted by molar-refractivity contribution is 0.475. The van der Waals surface area contributed by atoms with E-state index in [-0.39, 0.29) is 5.75 Å². The lowest BCUT2D eigenvalue weighted by Gasteiger charge is -2.00. The van der Waals surface area contributed by atoms with Gasteiger partial charge in [0.25, 0.3) is 0 Å². The molecular formula is C16H14FNOS. The van der Waals surface area contributed by atoms with Crippen LogP contribution in [0.4, 0.5) is 4.39 Å². The topological polar surface area (TPSA) is 44.1 Å². The van der Waals surface area contributed by atoms with Gasteiger partial charge in [0.1, 0.15) is 5.75 Å². The van der Waals surface area contributed by atoms with Gasteiger partial charge >= 0.3 is 0 Å². The number of thiophene rings is 1. The van der Waals surface area contributed by atoms with Crippen molar-refractivity contribution in [1.29, 1.82) is 5.41 Å². The van der Waals surface area contributed by atoms with Crippen molar-refractivity contribution in [2.75, 3.05) is 0 Å². The Kier molecular flexibility index (Phi) is 4.48. The maximum absolute atomic E-state index is 12.8. The minimum Gasteiger partial charge on any atom is -0.508 e. The van der Waals surface area contributed by atoms with E-state index in [0.717, 1.165) is 20.9 Å². The fourth-order valence-electron chi connectivity index (χ4n) is 1.83. The largest absolute Gasteiger partial charge is 0.508 e. The number of aromatic hydroxyl groups is 1. The summed E-state index contributed by atoms with van der Waals surface area (Å²) in [5.74, 6) is -0.731. The molecule has 2 aromatic rings. The van der Waals surface area contributed by atoms with Gasteiger partial charge in [-0.2, -0.15) is 4.39 Å². The van der Waals surface area contributed by atoms with Crippen LogP contribution in [0.15, 0.2) is 55.1 Å². The molecule has 20 heavy (non-hydrogen) atoms. The van der Waals surface area contributed by atoms with Gasteiger partial charge in [0.05, 0.1) is 0 Å². The second-order valence-corrected chi connectivity index (χ2v) is 5.30. The standard InChI is InChI=1S/C16H14FNOS/c1-2-3-12(10-16(17)18)15-9-8-14(20-15)11-4-6-13(19)7-5-11/h2,4-10,18-19H,1,3H2/b12-10+,18-16?. The van der Waals surface area contributed by atoms with Crippen LogP contribution in [0.25, 0.3) is 16.0 Å². The van der Waals surface area contributed by atoms with Gasteiger partial charge in [-0.05, 0) is 60.0 Å². The lowest BCUT2D eigenvalue weighted by atomic mass is 10.1. The average Bonchev–Trinajstić information content (AvgIpc) is 2.88. The van der Waals surface area contributed by atoms with Crippen LogP contribution in [0.3, 0.4) is 0 Å². The second kappa shape index (κ2) is 6.30. The van der Waals surface area contributed by atoms with Crippen LogP contribution in [-0.4, -0.2) is 11.1 Å². The molecule has 0 spiro atoms. The summed E-state index contributed by atoms with van der Waals surface area (Å²) < 4.78 is 12.8. The summed E-state index contributed by atoms with van der Waals surface area (Å²) in [6.45, 7) is 3.65. The van der Waals surface area contributed by atoms with Crippen LogP contribution in [-0.2, 0) is 0 Å². The molecule has 0 saturated heterocycles. The minimum atomic E-state index is -0.957. The minimum absolute atomic E-state index is 0.226. The van der Waals surface area contributed by atoms with Crippen LogP contribution in [0.2, 0.25) is 0 Å². The summed E-state index contributed by atoms with van der Waals surface area (Å²) in [4.78, 5) is 1.94. The highest BCUT2D eigenvalue weighted by molar-refractivity contribution is 7.16. The SMILES string of the molecule is C=CC/C(=C\C(=N)F)c1ccc(-c2ccc(O)cc2)s1. The fraction of sp³-hybridized carbons (Fsp3) is 0.0625. The Morgan fingerprint density at radius 3 is 2.55 bits per heavy atom. The number of allylic oxidation sites excluding steroid dienone is 3. The van der Waals surface area contributed by atoms with Gasteiger partial charge in [-0.15, -0.1) is 17.9 Å². The molecule has 0 saturated carbocycles. The Bertz CT molecular complexity index is 655. The molecule has 2 rings (SSSR count). The lowest BCUT2D eigenvalue weighted by Crippen LogP contribution is -1.84. The molecule has 0 fully saturated rings. The average molecular weight is 287 g/mol. The summed E-state index contributed by atoms with van der Waals surface area (Å²) in [6, 6.07) is 10.8. The van der Waals surface area contributed by atoms with Crippen molar-refractivity contribution in [2.24, 2.45) is 0 Å². The predicted octanol–water partition coefficient (Wildman–Crippen LogP) is 5.03. The summed E-state index contributed by atoms with van der Waals surface area (Å²) in [7, 11) is 0. The first-order valence-corrected chi connectivity index (χ1v) is 6.87. The van der Waals surface area contributed by atoms with Gasteiger partial charge in [-0.3, -0.25) is 5.41 Å². The Labute approximate surface area is 121 Å². The van der Waals surface area contributed by atoms with Gasteiger partial charge in [-0.1, -0.05) is 6.08 Å². The zero-order valence-corrected chi connectivity index (χ0v) is 11.6. The predicted molar refractivity (Wildman–Crippen MR) is 83.0 cm³/mol. The van der Waals surface area contributed by atoms with Crippen LogP contribution in [0, 0.1) is 5.41 Å². The van der Waals surface area contributed by atoms with E-state index in [9.17, 15) is 9.50 Å². The van der Waals surface area contributed by atoms with E-state index >= 15 is 0 Å². The molecule has 4 heteroatoms. The number of halogens is 1. The first-order valence-electron chi connectivity index (χ1n) is 6.05. The third-order valence-electron chi connectivity index (χ3n) is 2.74. The van der Waals surface area contributed by atoms with Crippen molar-refractivity contribution in [3.05, 3.63) is 60.0 Å². The van der Waals surface area contributed by atoms with Crippen molar-refractivity contribution in [3.63, 3.8) is 0 Å².